The van der Waals surface area contributed by atoms with Crippen molar-refractivity contribution >= 4 is 78.6 Å². The van der Waals surface area contributed by atoms with Crippen LogP contribution in [0, 0.1) is 17.7 Å². The maximum Gasteiger partial charge on any atom is 0.273 e. The summed E-state index contributed by atoms with van der Waals surface area (Å²) in [4.78, 5) is 53.1. The monoisotopic (exact) mass is 632 g/mol. The Kier molecular flexibility index (Phi) is 7.47. The number of imide groups is 1. The first-order valence-electron chi connectivity index (χ1n) is 10.3. The highest BCUT2D eigenvalue weighted by Gasteiger charge is 2.54. The molecule has 3 amide bonds. The highest BCUT2D eigenvalue weighted by Crippen LogP contribution is 2.43. The molecule has 2 aliphatic rings. The Morgan fingerprint density at radius 1 is 0.912 bits per heavy atom. The van der Waals surface area contributed by atoms with E-state index in [0.717, 1.165) is 22.2 Å². The van der Waals surface area contributed by atoms with Gasteiger partial charge in [0.05, 0.1) is 21.9 Å². The minimum atomic E-state index is -0.764. The number of nitrogens with zero attached hydrogens (tertiary/aromatic N) is 2. The van der Waals surface area contributed by atoms with Crippen LogP contribution in [0.4, 0.5) is 4.39 Å². The average molecular weight is 635 g/mol. The second-order valence-corrected chi connectivity index (χ2v) is 11.3. The number of hydrogen-bond donors (Lipinski definition) is 0. The second-order valence-electron chi connectivity index (χ2n) is 8.13. The highest BCUT2D eigenvalue weighted by atomic mass is 79.9. The van der Waals surface area contributed by atoms with Gasteiger partial charge in [0, 0.05) is 20.8 Å². The summed E-state index contributed by atoms with van der Waals surface area (Å²) in [6.45, 7) is -0.600. The van der Waals surface area contributed by atoms with Crippen LogP contribution >= 0.6 is 55.1 Å². The Morgan fingerprint density at radius 3 is 1.97 bits per heavy atom. The van der Waals surface area contributed by atoms with Gasteiger partial charge in [-0.25, -0.2) is 9.40 Å². The van der Waals surface area contributed by atoms with Crippen molar-refractivity contribution in [2.24, 2.45) is 11.8 Å². The lowest BCUT2D eigenvalue weighted by molar-refractivity contribution is -0.154. The van der Waals surface area contributed by atoms with Crippen LogP contribution in [0.5, 0.6) is 0 Å². The van der Waals surface area contributed by atoms with Gasteiger partial charge in [-0.05, 0) is 55.3 Å². The van der Waals surface area contributed by atoms with Crippen molar-refractivity contribution in [3.05, 3.63) is 69.5 Å². The normalized spacial score (nSPS) is 24.2. The number of hydrazine groups is 1. The Hall–Kier alpha value is -1.81. The standard InChI is InChI=1S/C23H17Br2Cl2FN2O4/c24-16-8-14-15(9-17(16)25)23(34)30(22(14)33)29(10-20(31)11-1-4-13(28)5-2-11)21(32)12-3-6-18(26)19(27)7-12/h1-7,14-17H,8-10H2/t14-,15-,16-,17+/m1/s1. The first-order chi connectivity index (χ1) is 16.1. The molecule has 6 nitrogen and oxygen atoms in total. The van der Waals surface area contributed by atoms with Crippen LogP contribution in [0.3, 0.4) is 0 Å². The Bertz CT molecular complexity index is 1150. The number of halogens is 5. The zero-order chi connectivity index (χ0) is 24.7. The summed E-state index contributed by atoms with van der Waals surface area (Å²) in [6.07, 6.45) is 0.810. The minimum absolute atomic E-state index is 0.0227. The van der Waals surface area contributed by atoms with E-state index in [2.05, 4.69) is 31.9 Å². The van der Waals surface area contributed by atoms with Gasteiger partial charge in [0.25, 0.3) is 17.7 Å². The van der Waals surface area contributed by atoms with E-state index >= 15 is 0 Å². The number of Topliss-reactive ketones (excluding diaryl/α,β-unsaturated/α-hetero) is 1. The number of benzene rings is 2. The molecule has 4 atom stereocenters. The highest BCUT2D eigenvalue weighted by molar-refractivity contribution is 9.12. The molecule has 0 N–H and O–H groups in total. The first-order valence-corrected chi connectivity index (χ1v) is 12.9. The van der Waals surface area contributed by atoms with Crippen molar-refractivity contribution in [1.82, 2.24) is 10.0 Å². The van der Waals surface area contributed by atoms with Crippen LogP contribution in [0.1, 0.15) is 33.6 Å². The predicted octanol–water partition coefficient (Wildman–Crippen LogP) is 5.29. The quantitative estimate of drug-likeness (QED) is 0.254. The van der Waals surface area contributed by atoms with Gasteiger partial charge in [0.2, 0.25) is 0 Å². The van der Waals surface area contributed by atoms with Gasteiger partial charge >= 0.3 is 0 Å². The van der Waals surface area contributed by atoms with E-state index in [9.17, 15) is 23.6 Å². The van der Waals surface area contributed by atoms with Crippen molar-refractivity contribution in [2.75, 3.05) is 6.54 Å². The molecule has 1 saturated heterocycles. The molecule has 178 valence electrons. The summed E-state index contributed by atoms with van der Waals surface area (Å²) in [5, 5.41) is 1.96. The van der Waals surface area contributed by atoms with Crippen molar-refractivity contribution < 1.29 is 23.6 Å². The molecule has 1 saturated carbocycles. The molecule has 0 spiro atoms. The summed E-state index contributed by atoms with van der Waals surface area (Å²) in [5.74, 6) is -4.17. The van der Waals surface area contributed by atoms with Crippen LogP contribution < -0.4 is 0 Å². The molecule has 34 heavy (non-hydrogen) atoms. The predicted molar refractivity (Wildman–Crippen MR) is 132 cm³/mol. The van der Waals surface area contributed by atoms with Gasteiger partial charge in [-0.15, -0.1) is 0 Å². The Morgan fingerprint density at radius 2 is 1.44 bits per heavy atom. The van der Waals surface area contributed by atoms with Crippen LogP contribution in [0.15, 0.2) is 42.5 Å². The van der Waals surface area contributed by atoms with Crippen LogP contribution in [-0.4, -0.2) is 49.7 Å². The third-order valence-corrected chi connectivity index (χ3v) is 9.46. The smallest absolute Gasteiger partial charge is 0.273 e. The van der Waals surface area contributed by atoms with Gasteiger partial charge < -0.3 is 0 Å². The number of rotatable bonds is 5. The van der Waals surface area contributed by atoms with E-state index in [0.29, 0.717) is 12.8 Å². The molecular weight excluding hydrogens is 618 g/mol. The molecule has 4 rings (SSSR count). The third-order valence-electron chi connectivity index (χ3n) is 5.99. The summed E-state index contributed by atoms with van der Waals surface area (Å²) in [6, 6.07) is 8.90. The number of carbonyl (C=O) groups excluding carboxylic acids is 4. The van der Waals surface area contributed by atoms with Crippen molar-refractivity contribution in [2.45, 2.75) is 22.5 Å². The molecule has 0 radical (unpaired) electrons. The Labute approximate surface area is 221 Å². The van der Waals surface area contributed by atoms with E-state index in [-0.39, 0.29) is 30.8 Å². The maximum absolute atomic E-state index is 13.5. The molecule has 0 unspecified atom stereocenters. The summed E-state index contributed by atoms with van der Waals surface area (Å²) in [5.41, 5.74) is 0.180. The fourth-order valence-corrected chi connectivity index (χ4v) is 5.73. The van der Waals surface area contributed by atoms with Crippen molar-refractivity contribution in [1.29, 1.82) is 0 Å². The summed E-state index contributed by atoms with van der Waals surface area (Å²) < 4.78 is 13.3. The number of hydrogen-bond acceptors (Lipinski definition) is 4. The largest absolute Gasteiger partial charge is 0.292 e. The van der Waals surface area contributed by atoms with E-state index in [1.54, 1.807) is 0 Å². The summed E-state index contributed by atoms with van der Waals surface area (Å²) in [7, 11) is 0. The van der Waals surface area contributed by atoms with Crippen LogP contribution in [-0.2, 0) is 9.59 Å². The molecule has 2 aromatic rings. The maximum atomic E-state index is 13.5. The number of amides is 3. The molecule has 0 aromatic heterocycles. The second kappa shape index (κ2) is 10.0. The van der Waals surface area contributed by atoms with Gasteiger partial charge in [-0.1, -0.05) is 55.1 Å². The molecule has 1 aliphatic carbocycles. The average Bonchev–Trinajstić information content (AvgIpc) is 3.03. The van der Waals surface area contributed by atoms with E-state index in [1.165, 1.54) is 30.3 Å². The molecule has 0 bridgehead atoms. The van der Waals surface area contributed by atoms with Crippen LogP contribution in [0.2, 0.25) is 10.0 Å². The zero-order valence-electron chi connectivity index (χ0n) is 17.4. The first kappa shape index (κ1) is 25.3. The number of ketones is 1. The van der Waals surface area contributed by atoms with Gasteiger partial charge in [0.1, 0.15) is 12.4 Å². The number of alkyl halides is 2. The number of carbonyl (C=O) groups is 4. The molecule has 2 fully saturated rings. The molecule has 1 aliphatic heterocycles. The lowest BCUT2D eigenvalue weighted by atomic mass is 9.81. The minimum Gasteiger partial charge on any atom is -0.292 e. The van der Waals surface area contributed by atoms with E-state index < -0.39 is 47.7 Å². The van der Waals surface area contributed by atoms with E-state index in [4.69, 9.17) is 23.2 Å². The van der Waals surface area contributed by atoms with Gasteiger partial charge in [-0.3, -0.25) is 19.2 Å². The van der Waals surface area contributed by atoms with E-state index in [1.807, 2.05) is 0 Å². The summed E-state index contributed by atoms with van der Waals surface area (Å²) >= 11 is 19.1. The SMILES string of the molecule is O=C(CN(C(=O)c1ccc(Cl)c(Cl)c1)N1C(=O)[C@@H]2C[C@@H](Br)[C@@H](Br)C[C@H]2C1=O)c1ccc(F)cc1. The van der Waals surface area contributed by atoms with Crippen molar-refractivity contribution in [3.63, 3.8) is 0 Å². The molecular formula is C23H17Br2Cl2FN2O4. The van der Waals surface area contributed by atoms with Gasteiger partial charge in [0.15, 0.2) is 5.78 Å². The number of fused-ring (bicyclic) bond motifs is 1. The molecule has 2 aromatic carbocycles. The topological polar surface area (TPSA) is 74.8 Å². The molecule has 11 heteroatoms. The Balaban J connectivity index is 1.71. The zero-order valence-corrected chi connectivity index (χ0v) is 22.1. The lowest BCUT2D eigenvalue weighted by Crippen LogP contribution is -2.52. The third kappa shape index (κ3) is 4.80. The van der Waals surface area contributed by atoms with Gasteiger partial charge in [-0.2, -0.15) is 5.01 Å². The van der Waals surface area contributed by atoms with Crippen molar-refractivity contribution in [3.8, 4) is 0 Å². The lowest BCUT2D eigenvalue weighted by Gasteiger charge is -2.30. The fourth-order valence-electron chi connectivity index (χ4n) is 4.19. The van der Waals surface area contributed by atoms with Crippen LogP contribution in [0.25, 0.3) is 0 Å². The fraction of sp³-hybridized carbons (Fsp3) is 0.304. The molecule has 1 heterocycles.